The van der Waals surface area contributed by atoms with Crippen molar-refractivity contribution in [3.63, 3.8) is 0 Å². The number of hydrogen-bond donors (Lipinski definition) is 2. The highest BCUT2D eigenvalue weighted by molar-refractivity contribution is 6.35. The van der Waals surface area contributed by atoms with Crippen LogP contribution in [-0.4, -0.2) is 30.0 Å². The molecule has 30 heavy (non-hydrogen) atoms. The minimum atomic E-state index is -0.186. The zero-order valence-corrected chi connectivity index (χ0v) is 17.8. The van der Waals surface area contributed by atoms with Crippen molar-refractivity contribution < 1.29 is 4.79 Å². The van der Waals surface area contributed by atoms with E-state index in [-0.39, 0.29) is 11.9 Å². The second kappa shape index (κ2) is 9.04. The molecule has 1 saturated heterocycles. The van der Waals surface area contributed by atoms with E-state index in [1.807, 2.05) is 30.3 Å². The van der Waals surface area contributed by atoms with Gasteiger partial charge in [0.15, 0.2) is 0 Å². The molecule has 3 N–H and O–H groups in total. The van der Waals surface area contributed by atoms with Gasteiger partial charge in [-0.15, -0.1) is 0 Å². The summed E-state index contributed by atoms with van der Waals surface area (Å²) in [6, 6.07) is 14.7. The lowest BCUT2D eigenvalue weighted by Gasteiger charge is -2.34. The van der Waals surface area contributed by atoms with Crippen LogP contribution >= 0.6 is 23.2 Å². The van der Waals surface area contributed by atoms with Crippen LogP contribution in [0.3, 0.4) is 0 Å². The minimum Gasteiger partial charge on any atom is -0.369 e. The molecule has 154 valence electrons. The van der Waals surface area contributed by atoms with Crippen molar-refractivity contribution in [3.05, 3.63) is 76.5 Å². The van der Waals surface area contributed by atoms with Crippen LogP contribution in [0.25, 0.3) is 11.1 Å². The molecule has 7 heteroatoms. The van der Waals surface area contributed by atoms with Crippen LogP contribution in [0.2, 0.25) is 10.0 Å². The number of nitrogens with one attached hydrogen (secondary N) is 1. The van der Waals surface area contributed by atoms with Gasteiger partial charge in [0.1, 0.15) is 0 Å². The fourth-order valence-corrected chi connectivity index (χ4v) is 4.24. The zero-order chi connectivity index (χ0) is 21.1. The van der Waals surface area contributed by atoms with Crippen molar-refractivity contribution in [2.24, 2.45) is 5.73 Å². The molecule has 1 aliphatic rings. The smallest absolute Gasteiger partial charge is 0.255 e. The molecular weight excluding hydrogens is 419 g/mol. The predicted octanol–water partition coefficient (Wildman–Crippen LogP) is 5.24. The third-order valence-electron chi connectivity index (χ3n) is 5.23. The lowest BCUT2D eigenvalue weighted by molar-refractivity contribution is 0.102. The molecule has 0 bridgehead atoms. The number of pyridine rings is 1. The molecule has 5 nitrogen and oxygen atoms in total. The number of halogens is 2. The number of anilines is 2. The molecule has 0 aliphatic carbocycles. The first-order valence-electron chi connectivity index (χ1n) is 9.82. The number of rotatable bonds is 4. The Balaban J connectivity index is 1.78. The maximum absolute atomic E-state index is 12.8. The first-order chi connectivity index (χ1) is 14.5. The van der Waals surface area contributed by atoms with E-state index in [0.29, 0.717) is 21.3 Å². The highest BCUT2D eigenvalue weighted by Gasteiger charge is 2.24. The highest BCUT2D eigenvalue weighted by Crippen LogP contribution is 2.39. The summed E-state index contributed by atoms with van der Waals surface area (Å²) in [6.45, 7) is 1.58. The van der Waals surface area contributed by atoms with Gasteiger partial charge in [-0.25, -0.2) is 0 Å². The number of piperidine rings is 1. The third kappa shape index (κ3) is 4.59. The highest BCUT2D eigenvalue weighted by atomic mass is 35.5. The van der Waals surface area contributed by atoms with Gasteiger partial charge in [-0.3, -0.25) is 9.78 Å². The van der Waals surface area contributed by atoms with Gasteiger partial charge in [0.25, 0.3) is 5.91 Å². The van der Waals surface area contributed by atoms with Crippen LogP contribution in [0, 0.1) is 0 Å². The summed E-state index contributed by atoms with van der Waals surface area (Å²) in [5.74, 6) is -0.186. The largest absolute Gasteiger partial charge is 0.369 e. The van der Waals surface area contributed by atoms with Crippen molar-refractivity contribution >= 4 is 40.5 Å². The fraction of sp³-hybridized carbons (Fsp3) is 0.217. The molecular formula is C23H22Cl2N4O. The molecule has 1 amide bonds. The molecule has 0 saturated carbocycles. The number of carbonyl (C=O) groups excluding carboxylic acids is 1. The van der Waals surface area contributed by atoms with E-state index < -0.39 is 0 Å². The lowest BCUT2D eigenvalue weighted by Crippen LogP contribution is -2.40. The Labute approximate surface area is 185 Å². The van der Waals surface area contributed by atoms with E-state index in [0.717, 1.165) is 42.7 Å². The molecule has 0 atom stereocenters. The number of aromatic nitrogens is 1. The van der Waals surface area contributed by atoms with Gasteiger partial charge in [-0.05, 0) is 48.7 Å². The number of nitrogens with zero attached hydrogens (tertiary/aromatic N) is 2. The minimum absolute atomic E-state index is 0.186. The maximum Gasteiger partial charge on any atom is 0.255 e. The summed E-state index contributed by atoms with van der Waals surface area (Å²) >= 11 is 12.5. The molecule has 0 radical (unpaired) electrons. The topological polar surface area (TPSA) is 71.2 Å². The molecule has 1 fully saturated rings. The Morgan fingerprint density at radius 3 is 2.37 bits per heavy atom. The third-order valence-corrected chi connectivity index (χ3v) is 5.67. The zero-order valence-electron chi connectivity index (χ0n) is 16.3. The van der Waals surface area contributed by atoms with Gasteiger partial charge in [-0.1, -0.05) is 41.4 Å². The second-order valence-electron chi connectivity index (χ2n) is 7.39. The van der Waals surface area contributed by atoms with Crippen LogP contribution in [0.4, 0.5) is 11.4 Å². The summed E-state index contributed by atoms with van der Waals surface area (Å²) in [7, 11) is 0. The predicted molar refractivity (Wildman–Crippen MR) is 124 cm³/mol. The molecule has 3 aromatic rings. The van der Waals surface area contributed by atoms with Gasteiger partial charge in [0.2, 0.25) is 0 Å². The summed E-state index contributed by atoms with van der Waals surface area (Å²) in [5.41, 5.74) is 9.96. The molecule has 0 spiro atoms. The van der Waals surface area contributed by atoms with Crippen molar-refractivity contribution in [2.75, 3.05) is 23.3 Å². The van der Waals surface area contributed by atoms with Gasteiger partial charge < -0.3 is 16.0 Å². The average molecular weight is 441 g/mol. The summed E-state index contributed by atoms with van der Waals surface area (Å²) in [4.78, 5) is 19.5. The quantitative estimate of drug-likeness (QED) is 0.581. The Kier molecular flexibility index (Phi) is 6.23. The Morgan fingerprint density at radius 1 is 1.03 bits per heavy atom. The first kappa shape index (κ1) is 20.7. The standard InChI is InChI=1S/C23H22Cl2N4O/c24-17-10-16(11-18(25)12-17)20-13-27-14-21(22(20)29-8-6-19(26)7-9-29)28-23(30)15-4-2-1-3-5-15/h1-5,10-14,19H,6-9,26H2,(H,28,30). The van der Waals surface area contributed by atoms with Gasteiger partial charge in [-0.2, -0.15) is 0 Å². The summed E-state index contributed by atoms with van der Waals surface area (Å²) in [5, 5.41) is 4.12. The lowest BCUT2D eigenvalue weighted by atomic mass is 10.0. The maximum atomic E-state index is 12.8. The van der Waals surface area contributed by atoms with E-state index in [1.165, 1.54) is 0 Å². The number of amides is 1. The summed E-state index contributed by atoms with van der Waals surface area (Å²) < 4.78 is 0. The van der Waals surface area contributed by atoms with E-state index in [1.54, 1.807) is 30.6 Å². The molecule has 4 rings (SSSR count). The van der Waals surface area contributed by atoms with E-state index in [9.17, 15) is 4.79 Å². The number of nitrogens with two attached hydrogens (primary N) is 1. The van der Waals surface area contributed by atoms with Crippen molar-refractivity contribution in [1.29, 1.82) is 0 Å². The van der Waals surface area contributed by atoms with E-state index in [2.05, 4.69) is 15.2 Å². The van der Waals surface area contributed by atoms with Crippen molar-refractivity contribution in [3.8, 4) is 11.1 Å². The first-order valence-corrected chi connectivity index (χ1v) is 10.6. The van der Waals surface area contributed by atoms with Crippen molar-refractivity contribution in [1.82, 2.24) is 4.98 Å². The molecule has 1 aliphatic heterocycles. The molecule has 2 aromatic carbocycles. The number of benzene rings is 2. The van der Waals surface area contributed by atoms with Crippen molar-refractivity contribution in [2.45, 2.75) is 18.9 Å². The fourth-order valence-electron chi connectivity index (χ4n) is 3.71. The second-order valence-corrected chi connectivity index (χ2v) is 8.26. The van der Waals surface area contributed by atoms with Crippen LogP contribution in [0.5, 0.6) is 0 Å². The Bertz CT molecular complexity index is 1030. The van der Waals surface area contributed by atoms with Gasteiger partial charge in [0, 0.05) is 46.5 Å². The molecule has 2 heterocycles. The Morgan fingerprint density at radius 2 is 1.70 bits per heavy atom. The van der Waals surface area contributed by atoms with Crippen LogP contribution in [-0.2, 0) is 0 Å². The summed E-state index contributed by atoms with van der Waals surface area (Å²) in [6.07, 6.45) is 5.22. The molecule has 1 aromatic heterocycles. The number of hydrogen-bond acceptors (Lipinski definition) is 4. The number of carbonyl (C=O) groups is 1. The average Bonchev–Trinajstić information content (AvgIpc) is 2.74. The van der Waals surface area contributed by atoms with E-state index >= 15 is 0 Å². The Hall–Kier alpha value is -2.60. The van der Waals surface area contributed by atoms with E-state index in [4.69, 9.17) is 28.9 Å². The van der Waals surface area contributed by atoms with Gasteiger partial charge >= 0.3 is 0 Å². The van der Waals surface area contributed by atoms with Crippen LogP contribution < -0.4 is 16.0 Å². The monoisotopic (exact) mass is 440 g/mol. The normalized spacial score (nSPS) is 14.6. The molecule has 0 unspecified atom stereocenters. The van der Waals surface area contributed by atoms with Gasteiger partial charge in [0.05, 0.1) is 17.6 Å². The van der Waals surface area contributed by atoms with Crippen LogP contribution in [0.15, 0.2) is 60.9 Å². The SMILES string of the molecule is NC1CCN(c2c(NC(=O)c3ccccc3)cncc2-c2cc(Cl)cc(Cl)c2)CC1. The van der Waals surface area contributed by atoms with Crippen LogP contribution in [0.1, 0.15) is 23.2 Å².